The van der Waals surface area contributed by atoms with E-state index >= 15 is 0 Å². The van der Waals surface area contributed by atoms with Crippen LogP contribution in [0.15, 0.2) is 23.2 Å². The standard InChI is InChI=1S/C17H23NO/c1-13-4-2-5-14(16(13)19)12-18-15-6-10-17(11-7-15)8-3-9-17/h2,4-5,12,15,19H,3,6-11H2,1H3. The Balaban J connectivity index is 1.62. The fourth-order valence-corrected chi connectivity index (χ4v) is 3.51. The van der Waals surface area contributed by atoms with Crippen LogP contribution in [0.4, 0.5) is 0 Å². The fourth-order valence-electron chi connectivity index (χ4n) is 3.51. The topological polar surface area (TPSA) is 32.6 Å². The number of para-hydroxylation sites is 1. The van der Waals surface area contributed by atoms with Crippen molar-refractivity contribution >= 4 is 6.21 Å². The number of hydrogen-bond donors (Lipinski definition) is 1. The van der Waals surface area contributed by atoms with Gasteiger partial charge in [0.1, 0.15) is 5.75 Å². The number of nitrogens with zero attached hydrogens (tertiary/aromatic N) is 1. The summed E-state index contributed by atoms with van der Waals surface area (Å²) in [5.41, 5.74) is 2.47. The summed E-state index contributed by atoms with van der Waals surface area (Å²) in [5, 5.41) is 9.97. The first-order valence-electron chi connectivity index (χ1n) is 7.50. The van der Waals surface area contributed by atoms with Crippen molar-refractivity contribution in [2.45, 2.75) is 57.9 Å². The van der Waals surface area contributed by atoms with Crippen LogP contribution >= 0.6 is 0 Å². The molecule has 2 saturated carbocycles. The molecule has 1 spiro atoms. The van der Waals surface area contributed by atoms with Crippen LogP contribution in [-0.2, 0) is 0 Å². The molecule has 1 aromatic carbocycles. The zero-order valence-electron chi connectivity index (χ0n) is 11.7. The van der Waals surface area contributed by atoms with Gasteiger partial charge in [0.15, 0.2) is 0 Å². The molecular formula is C17H23NO. The maximum absolute atomic E-state index is 9.97. The summed E-state index contributed by atoms with van der Waals surface area (Å²) in [7, 11) is 0. The highest BCUT2D eigenvalue weighted by Gasteiger charge is 2.39. The third kappa shape index (κ3) is 2.54. The van der Waals surface area contributed by atoms with Crippen molar-refractivity contribution in [3.05, 3.63) is 29.3 Å². The first-order valence-corrected chi connectivity index (χ1v) is 7.50. The smallest absolute Gasteiger partial charge is 0.127 e. The third-order valence-electron chi connectivity index (χ3n) is 5.12. The largest absolute Gasteiger partial charge is 0.507 e. The second-order valence-electron chi connectivity index (χ2n) is 6.38. The molecule has 0 amide bonds. The van der Waals surface area contributed by atoms with Crippen LogP contribution in [0, 0.1) is 12.3 Å². The lowest BCUT2D eigenvalue weighted by molar-refractivity contribution is 0.0707. The molecule has 2 heteroatoms. The van der Waals surface area contributed by atoms with Crippen LogP contribution < -0.4 is 0 Å². The van der Waals surface area contributed by atoms with Gasteiger partial charge >= 0.3 is 0 Å². The lowest BCUT2D eigenvalue weighted by Crippen LogP contribution is -2.34. The number of rotatable bonds is 2. The Morgan fingerprint density at radius 2 is 1.95 bits per heavy atom. The molecule has 0 unspecified atom stereocenters. The van der Waals surface area contributed by atoms with Crippen molar-refractivity contribution < 1.29 is 5.11 Å². The van der Waals surface area contributed by atoms with Gasteiger partial charge in [-0.15, -0.1) is 0 Å². The Morgan fingerprint density at radius 1 is 1.21 bits per heavy atom. The Hall–Kier alpha value is -1.31. The lowest BCUT2D eigenvalue weighted by Gasteiger charge is -2.46. The van der Waals surface area contributed by atoms with E-state index in [1.807, 2.05) is 31.3 Å². The highest BCUT2D eigenvalue weighted by molar-refractivity contribution is 5.84. The molecule has 1 aromatic rings. The maximum Gasteiger partial charge on any atom is 0.127 e. The maximum atomic E-state index is 9.97. The molecule has 19 heavy (non-hydrogen) atoms. The molecule has 102 valence electrons. The zero-order chi connectivity index (χ0) is 13.3. The number of hydrogen-bond acceptors (Lipinski definition) is 2. The molecule has 0 saturated heterocycles. The Kier molecular flexibility index (Phi) is 3.34. The van der Waals surface area contributed by atoms with Crippen molar-refractivity contribution in [1.82, 2.24) is 0 Å². The summed E-state index contributed by atoms with van der Waals surface area (Å²) in [4.78, 5) is 4.69. The number of aryl methyl sites for hydroxylation is 1. The molecule has 2 aliphatic rings. The highest BCUT2D eigenvalue weighted by atomic mass is 16.3. The normalized spacial score (nSPS) is 22.8. The number of aliphatic imine (C=N–C) groups is 1. The predicted octanol–water partition coefficient (Wildman–Crippen LogP) is 4.23. The van der Waals surface area contributed by atoms with Gasteiger partial charge in [-0.05, 0) is 62.5 Å². The second-order valence-corrected chi connectivity index (χ2v) is 6.38. The molecule has 0 bridgehead atoms. The summed E-state index contributed by atoms with van der Waals surface area (Å²) in [6, 6.07) is 6.29. The van der Waals surface area contributed by atoms with E-state index in [1.54, 1.807) is 0 Å². The first-order chi connectivity index (χ1) is 9.19. The van der Waals surface area contributed by atoms with E-state index in [4.69, 9.17) is 4.99 Å². The SMILES string of the molecule is Cc1cccc(C=NC2CCC3(CCC3)CC2)c1O. The molecule has 0 atom stereocenters. The summed E-state index contributed by atoms with van der Waals surface area (Å²) < 4.78 is 0. The molecule has 0 heterocycles. The predicted molar refractivity (Wildman–Crippen MR) is 79.0 cm³/mol. The van der Waals surface area contributed by atoms with Crippen molar-refractivity contribution in [3.63, 3.8) is 0 Å². The summed E-state index contributed by atoms with van der Waals surface area (Å²) >= 11 is 0. The minimum atomic E-state index is 0.373. The molecular weight excluding hydrogens is 234 g/mol. The van der Waals surface area contributed by atoms with E-state index in [1.165, 1.54) is 44.9 Å². The van der Waals surface area contributed by atoms with Crippen molar-refractivity contribution in [2.75, 3.05) is 0 Å². The van der Waals surface area contributed by atoms with Gasteiger partial charge in [0, 0.05) is 17.8 Å². The molecule has 0 radical (unpaired) electrons. The number of phenolic OH excluding ortho intramolecular Hbond substituents is 1. The van der Waals surface area contributed by atoms with E-state index in [0.717, 1.165) is 11.1 Å². The Bertz CT molecular complexity index is 478. The van der Waals surface area contributed by atoms with Gasteiger partial charge in [-0.3, -0.25) is 4.99 Å². The molecule has 2 nitrogen and oxygen atoms in total. The van der Waals surface area contributed by atoms with Gasteiger partial charge in [0.2, 0.25) is 0 Å². The third-order valence-corrected chi connectivity index (χ3v) is 5.12. The van der Waals surface area contributed by atoms with Crippen molar-refractivity contribution in [1.29, 1.82) is 0 Å². The van der Waals surface area contributed by atoms with E-state index in [-0.39, 0.29) is 0 Å². The summed E-state index contributed by atoms with van der Waals surface area (Å²) in [6.07, 6.45) is 11.4. The molecule has 0 aliphatic heterocycles. The van der Waals surface area contributed by atoms with E-state index < -0.39 is 0 Å². The summed E-state index contributed by atoms with van der Waals surface area (Å²) in [6.45, 7) is 1.92. The van der Waals surface area contributed by atoms with Crippen LogP contribution in [0.5, 0.6) is 5.75 Å². The van der Waals surface area contributed by atoms with E-state index in [0.29, 0.717) is 17.2 Å². The minimum absolute atomic E-state index is 0.373. The highest BCUT2D eigenvalue weighted by Crippen LogP contribution is 2.51. The average Bonchev–Trinajstić information content (AvgIpc) is 2.39. The fraction of sp³-hybridized carbons (Fsp3) is 0.588. The molecule has 0 aromatic heterocycles. The molecule has 2 fully saturated rings. The van der Waals surface area contributed by atoms with Crippen molar-refractivity contribution in [2.24, 2.45) is 10.4 Å². The van der Waals surface area contributed by atoms with Gasteiger partial charge in [0.25, 0.3) is 0 Å². The van der Waals surface area contributed by atoms with Gasteiger partial charge in [-0.1, -0.05) is 18.6 Å². The summed E-state index contributed by atoms with van der Waals surface area (Å²) in [5.74, 6) is 0.373. The van der Waals surface area contributed by atoms with Crippen LogP contribution in [0.25, 0.3) is 0 Å². The Morgan fingerprint density at radius 3 is 2.58 bits per heavy atom. The van der Waals surface area contributed by atoms with Gasteiger partial charge in [0.05, 0.1) is 0 Å². The quantitative estimate of drug-likeness (QED) is 0.790. The number of phenols is 1. The number of aromatic hydroxyl groups is 1. The van der Waals surface area contributed by atoms with Crippen LogP contribution in [0.1, 0.15) is 56.1 Å². The van der Waals surface area contributed by atoms with Crippen LogP contribution in [0.3, 0.4) is 0 Å². The molecule has 3 rings (SSSR count). The monoisotopic (exact) mass is 257 g/mol. The van der Waals surface area contributed by atoms with Gasteiger partial charge in [-0.2, -0.15) is 0 Å². The second kappa shape index (κ2) is 4.99. The zero-order valence-corrected chi connectivity index (χ0v) is 11.7. The lowest BCUT2D eigenvalue weighted by atomic mass is 9.60. The number of benzene rings is 1. The van der Waals surface area contributed by atoms with Crippen LogP contribution in [-0.4, -0.2) is 17.4 Å². The first kappa shape index (κ1) is 12.7. The average molecular weight is 257 g/mol. The van der Waals surface area contributed by atoms with Gasteiger partial charge < -0.3 is 5.11 Å². The van der Waals surface area contributed by atoms with Gasteiger partial charge in [-0.25, -0.2) is 0 Å². The molecule has 2 aliphatic carbocycles. The Labute approximate surface area is 115 Å². The van der Waals surface area contributed by atoms with Crippen LogP contribution in [0.2, 0.25) is 0 Å². The molecule has 1 N–H and O–H groups in total. The van der Waals surface area contributed by atoms with E-state index in [2.05, 4.69) is 0 Å². The van der Waals surface area contributed by atoms with E-state index in [9.17, 15) is 5.11 Å². The minimum Gasteiger partial charge on any atom is -0.507 e. The van der Waals surface area contributed by atoms with Crippen molar-refractivity contribution in [3.8, 4) is 5.75 Å².